The maximum atomic E-state index is 2.33. The third-order valence-electron chi connectivity index (χ3n) is 3.95. The van der Waals surface area contributed by atoms with Crippen LogP contribution in [0.15, 0.2) is 66.9 Å². The van der Waals surface area contributed by atoms with Crippen LogP contribution in [0.4, 0.5) is 0 Å². The molecule has 0 saturated heterocycles. The highest BCUT2D eigenvalue weighted by Crippen LogP contribution is 2.21. The van der Waals surface area contributed by atoms with Gasteiger partial charge in [-0.15, -0.1) is 0 Å². The van der Waals surface area contributed by atoms with Crippen LogP contribution in [-0.4, -0.2) is 23.1 Å². The molecule has 0 aliphatic carbocycles. The fraction of sp³-hybridized carbons (Fsp3) is 0.200. The Bertz CT molecular complexity index is 769. The van der Waals surface area contributed by atoms with Crippen molar-refractivity contribution >= 4 is 17.0 Å². The SMILES string of the molecule is CN(C/C=C/c1ccccc1)Cc1cn(C)c2ccccc12. The fourth-order valence-electron chi connectivity index (χ4n) is 2.84. The van der Waals surface area contributed by atoms with E-state index >= 15 is 0 Å². The topological polar surface area (TPSA) is 8.17 Å². The summed E-state index contributed by atoms with van der Waals surface area (Å²) in [5.41, 5.74) is 3.93. The van der Waals surface area contributed by atoms with Gasteiger partial charge in [-0.1, -0.05) is 60.7 Å². The zero-order valence-corrected chi connectivity index (χ0v) is 13.2. The molecule has 1 aromatic heterocycles. The maximum Gasteiger partial charge on any atom is 0.0481 e. The number of benzene rings is 2. The van der Waals surface area contributed by atoms with Crippen LogP contribution in [0, 0.1) is 0 Å². The van der Waals surface area contributed by atoms with Crippen molar-refractivity contribution in [3.63, 3.8) is 0 Å². The summed E-state index contributed by atoms with van der Waals surface area (Å²) in [4.78, 5) is 2.33. The Balaban J connectivity index is 1.66. The molecule has 0 unspecified atom stereocenters. The van der Waals surface area contributed by atoms with E-state index < -0.39 is 0 Å². The van der Waals surface area contributed by atoms with Crippen molar-refractivity contribution < 1.29 is 0 Å². The van der Waals surface area contributed by atoms with E-state index in [-0.39, 0.29) is 0 Å². The molecule has 3 aromatic rings. The van der Waals surface area contributed by atoms with Crippen molar-refractivity contribution in [2.45, 2.75) is 6.54 Å². The van der Waals surface area contributed by atoms with Crippen LogP contribution in [0.2, 0.25) is 0 Å². The van der Waals surface area contributed by atoms with Gasteiger partial charge in [-0.2, -0.15) is 0 Å². The van der Waals surface area contributed by atoms with Gasteiger partial charge in [-0.05, 0) is 24.2 Å². The van der Waals surface area contributed by atoms with Gasteiger partial charge in [0.15, 0.2) is 0 Å². The zero-order valence-electron chi connectivity index (χ0n) is 13.2. The highest BCUT2D eigenvalue weighted by molar-refractivity contribution is 5.83. The van der Waals surface area contributed by atoms with Crippen molar-refractivity contribution in [1.82, 2.24) is 9.47 Å². The summed E-state index contributed by atoms with van der Waals surface area (Å²) in [5, 5.41) is 1.35. The lowest BCUT2D eigenvalue weighted by molar-refractivity contribution is 0.365. The molecule has 0 amide bonds. The molecule has 0 N–H and O–H groups in total. The molecule has 3 rings (SSSR count). The van der Waals surface area contributed by atoms with E-state index in [4.69, 9.17) is 0 Å². The Kier molecular flexibility index (Phi) is 4.40. The minimum absolute atomic E-state index is 0.943. The van der Waals surface area contributed by atoms with Gasteiger partial charge < -0.3 is 4.57 Å². The molecular formula is C20H22N2. The van der Waals surface area contributed by atoms with Gasteiger partial charge in [-0.25, -0.2) is 0 Å². The highest BCUT2D eigenvalue weighted by Gasteiger charge is 2.07. The van der Waals surface area contributed by atoms with Gasteiger partial charge in [0.1, 0.15) is 0 Å². The van der Waals surface area contributed by atoms with Crippen LogP contribution in [0.1, 0.15) is 11.1 Å². The molecule has 1 heterocycles. The number of fused-ring (bicyclic) bond motifs is 1. The van der Waals surface area contributed by atoms with Crippen molar-refractivity contribution in [3.8, 4) is 0 Å². The summed E-state index contributed by atoms with van der Waals surface area (Å²) in [6.07, 6.45) is 6.64. The Morgan fingerprint density at radius 2 is 1.73 bits per heavy atom. The zero-order chi connectivity index (χ0) is 15.4. The molecule has 22 heavy (non-hydrogen) atoms. The lowest BCUT2D eigenvalue weighted by Crippen LogP contribution is -2.17. The first-order valence-corrected chi connectivity index (χ1v) is 7.67. The summed E-state index contributed by atoms with van der Waals surface area (Å²) in [7, 11) is 4.28. The first kappa shape index (κ1) is 14.6. The second-order valence-corrected chi connectivity index (χ2v) is 5.79. The van der Waals surface area contributed by atoms with Gasteiger partial charge in [0, 0.05) is 37.2 Å². The number of hydrogen-bond acceptors (Lipinski definition) is 1. The van der Waals surface area contributed by atoms with E-state index in [1.54, 1.807) is 0 Å². The van der Waals surface area contributed by atoms with E-state index in [2.05, 4.69) is 90.4 Å². The number of aryl methyl sites for hydroxylation is 1. The molecule has 0 atom stereocenters. The van der Waals surface area contributed by atoms with Gasteiger partial charge in [0.05, 0.1) is 0 Å². The van der Waals surface area contributed by atoms with Crippen LogP contribution in [0.5, 0.6) is 0 Å². The molecule has 0 fully saturated rings. The average Bonchev–Trinajstić information content (AvgIpc) is 2.85. The van der Waals surface area contributed by atoms with Crippen molar-refractivity contribution in [1.29, 1.82) is 0 Å². The van der Waals surface area contributed by atoms with E-state index in [1.807, 2.05) is 6.07 Å². The molecule has 112 valence electrons. The first-order chi connectivity index (χ1) is 10.7. The molecule has 2 nitrogen and oxygen atoms in total. The van der Waals surface area contributed by atoms with Crippen LogP contribution in [0.25, 0.3) is 17.0 Å². The fourth-order valence-corrected chi connectivity index (χ4v) is 2.84. The number of para-hydroxylation sites is 1. The molecule has 0 aliphatic heterocycles. The molecule has 0 aliphatic rings. The third kappa shape index (κ3) is 3.29. The van der Waals surface area contributed by atoms with Crippen molar-refractivity contribution in [3.05, 3.63) is 78.0 Å². The molecular weight excluding hydrogens is 268 g/mol. The lowest BCUT2D eigenvalue weighted by atomic mass is 10.1. The van der Waals surface area contributed by atoms with Crippen LogP contribution in [-0.2, 0) is 13.6 Å². The number of likely N-dealkylation sites (N-methyl/N-ethyl adjacent to an activating group) is 1. The van der Waals surface area contributed by atoms with Gasteiger partial charge in [0.2, 0.25) is 0 Å². The standard InChI is InChI=1S/C20H22N2/c1-21(14-8-11-17-9-4-3-5-10-17)15-18-16-22(2)20-13-7-6-12-19(18)20/h3-13,16H,14-15H2,1-2H3/b11-8+. The van der Waals surface area contributed by atoms with Crippen LogP contribution in [0.3, 0.4) is 0 Å². The molecule has 2 aromatic carbocycles. The maximum absolute atomic E-state index is 2.33. The summed E-state index contributed by atoms with van der Waals surface area (Å²) in [6, 6.07) is 19.0. The minimum Gasteiger partial charge on any atom is -0.350 e. The van der Waals surface area contributed by atoms with E-state index in [9.17, 15) is 0 Å². The Labute approximate surface area is 132 Å². The predicted molar refractivity (Wildman–Crippen MR) is 94.7 cm³/mol. The normalized spacial score (nSPS) is 11.8. The molecule has 0 saturated carbocycles. The van der Waals surface area contributed by atoms with Crippen LogP contribution >= 0.6 is 0 Å². The lowest BCUT2D eigenvalue weighted by Gasteiger charge is -2.13. The Morgan fingerprint density at radius 1 is 1.00 bits per heavy atom. The number of aromatic nitrogens is 1. The average molecular weight is 290 g/mol. The summed E-state index contributed by atoms with van der Waals surface area (Å²) in [5.74, 6) is 0. The number of hydrogen-bond donors (Lipinski definition) is 0. The summed E-state index contributed by atoms with van der Waals surface area (Å²) in [6.45, 7) is 1.90. The first-order valence-electron chi connectivity index (χ1n) is 7.67. The quantitative estimate of drug-likeness (QED) is 0.679. The molecule has 0 bridgehead atoms. The Hall–Kier alpha value is -2.32. The van der Waals surface area contributed by atoms with E-state index in [0.29, 0.717) is 0 Å². The monoisotopic (exact) mass is 290 g/mol. The van der Waals surface area contributed by atoms with Crippen molar-refractivity contribution in [2.75, 3.05) is 13.6 Å². The van der Waals surface area contributed by atoms with Crippen LogP contribution < -0.4 is 0 Å². The summed E-state index contributed by atoms with van der Waals surface area (Å²) >= 11 is 0. The number of nitrogens with zero attached hydrogens (tertiary/aromatic N) is 2. The molecule has 0 radical (unpaired) electrons. The Morgan fingerprint density at radius 3 is 2.55 bits per heavy atom. The summed E-state index contributed by atoms with van der Waals surface area (Å²) < 4.78 is 2.21. The second kappa shape index (κ2) is 6.63. The van der Waals surface area contributed by atoms with Crippen molar-refractivity contribution in [2.24, 2.45) is 7.05 Å². The highest BCUT2D eigenvalue weighted by atomic mass is 15.1. The second-order valence-electron chi connectivity index (χ2n) is 5.79. The third-order valence-corrected chi connectivity index (χ3v) is 3.95. The van der Waals surface area contributed by atoms with Gasteiger partial charge >= 0.3 is 0 Å². The largest absolute Gasteiger partial charge is 0.350 e. The van der Waals surface area contributed by atoms with E-state index in [1.165, 1.54) is 22.0 Å². The minimum atomic E-state index is 0.943. The predicted octanol–water partition coefficient (Wildman–Crippen LogP) is 4.32. The van der Waals surface area contributed by atoms with E-state index in [0.717, 1.165) is 13.1 Å². The van der Waals surface area contributed by atoms with Gasteiger partial charge in [-0.3, -0.25) is 4.90 Å². The molecule has 0 spiro atoms. The smallest absolute Gasteiger partial charge is 0.0481 e. The number of rotatable bonds is 5. The molecule has 2 heteroatoms. The van der Waals surface area contributed by atoms with Gasteiger partial charge in [0.25, 0.3) is 0 Å².